The standard InChI is InChI=1S/C12H20N4OS/c1-15-4-3-9(6-15)7-16(2)11(17)5-10-8-18-12(13)14-10/h8-9H,3-7H2,1-2H3,(H2,13,14). The molecule has 1 aromatic rings. The SMILES string of the molecule is CN1CCC(CN(C)C(=O)Cc2csc(N)n2)C1. The average Bonchev–Trinajstić information content (AvgIpc) is 2.88. The van der Waals surface area contributed by atoms with Gasteiger partial charge in [-0.1, -0.05) is 0 Å². The minimum absolute atomic E-state index is 0.120. The van der Waals surface area contributed by atoms with E-state index in [0.717, 1.165) is 25.3 Å². The van der Waals surface area contributed by atoms with Gasteiger partial charge in [0, 0.05) is 25.5 Å². The van der Waals surface area contributed by atoms with Gasteiger partial charge in [0.05, 0.1) is 12.1 Å². The molecule has 1 amide bonds. The maximum Gasteiger partial charge on any atom is 0.228 e. The molecular weight excluding hydrogens is 248 g/mol. The first kappa shape index (κ1) is 13.3. The number of likely N-dealkylation sites (tertiary alicyclic amines) is 1. The highest BCUT2D eigenvalue weighted by molar-refractivity contribution is 7.13. The number of hydrogen-bond donors (Lipinski definition) is 1. The monoisotopic (exact) mass is 268 g/mol. The third kappa shape index (κ3) is 3.43. The van der Waals surface area contributed by atoms with E-state index in [9.17, 15) is 4.79 Å². The van der Waals surface area contributed by atoms with Gasteiger partial charge in [-0.25, -0.2) is 4.98 Å². The van der Waals surface area contributed by atoms with Crippen molar-refractivity contribution in [2.75, 3.05) is 39.5 Å². The number of aromatic nitrogens is 1. The zero-order valence-corrected chi connectivity index (χ0v) is 11.7. The van der Waals surface area contributed by atoms with Crippen molar-refractivity contribution in [2.45, 2.75) is 12.8 Å². The van der Waals surface area contributed by atoms with Crippen molar-refractivity contribution in [2.24, 2.45) is 5.92 Å². The summed E-state index contributed by atoms with van der Waals surface area (Å²) in [5.41, 5.74) is 6.33. The van der Waals surface area contributed by atoms with Crippen LogP contribution < -0.4 is 5.73 Å². The molecule has 2 rings (SSSR count). The maximum absolute atomic E-state index is 12.0. The fraction of sp³-hybridized carbons (Fsp3) is 0.667. The highest BCUT2D eigenvalue weighted by Gasteiger charge is 2.22. The zero-order chi connectivity index (χ0) is 13.1. The number of thiazole rings is 1. The van der Waals surface area contributed by atoms with Crippen LogP contribution in [0, 0.1) is 5.92 Å². The Balaban J connectivity index is 1.81. The Kier molecular flexibility index (Phi) is 4.19. The largest absolute Gasteiger partial charge is 0.375 e. The third-order valence-corrected chi connectivity index (χ3v) is 4.07. The first-order valence-corrected chi connectivity index (χ1v) is 7.05. The molecule has 100 valence electrons. The Morgan fingerprint density at radius 3 is 3.06 bits per heavy atom. The summed E-state index contributed by atoms with van der Waals surface area (Å²) < 4.78 is 0. The molecular formula is C12H20N4OS. The summed E-state index contributed by atoms with van der Waals surface area (Å²) in [4.78, 5) is 20.3. The second-order valence-electron chi connectivity index (χ2n) is 5.05. The minimum atomic E-state index is 0.120. The van der Waals surface area contributed by atoms with Gasteiger partial charge in [0.15, 0.2) is 5.13 Å². The van der Waals surface area contributed by atoms with Crippen LogP contribution in [0.1, 0.15) is 12.1 Å². The summed E-state index contributed by atoms with van der Waals surface area (Å²) in [5.74, 6) is 0.722. The molecule has 1 unspecified atom stereocenters. The van der Waals surface area contributed by atoms with E-state index in [1.165, 1.54) is 17.8 Å². The summed E-state index contributed by atoms with van der Waals surface area (Å²) in [7, 11) is 4.00. The summed E-state index contributed by atoms with van der Waals surface area (Å²) >= 11 is 1.38. The summed E-state index contributed by atoms with van der Waals surface area (Å²) in [6, 6.07) is 0. The van der Waals surface area contributed by atoms with E-state index in [0.29, 0.717) is 17.5 Å². The van der Waals surface area contributed by atoms with Crippen LogP contribution in [-0.4, -0.2) is 54.4 Å². The Labute approximate surface area is 112 Å². The van der Waals surface area contributed by atoms with Gasteiger partial charge in [0.1, 0.15) is 0 Å². The number of carbonyl (C=O) groups excluding carboxylic acids is 1. The molecule has 0 aromatic carbocycles. The average molecular weight is 268 g/mol. The van der Waals surface area contributed by atoms with Gasteiger partial charge in [0.25, 0.3) is 0 Å². The van der Waals surface area contributed by atoms with E-state index in [1.807, 2.05) is 17.3 Å². The predicted octanol–water partition coefficient (Wildman–Crippen LogP) is 0.678. The van der Waals surface area contributed by atoms with Crippen molar-refractivity contribution in [3.8, 4) is 0 Å². The van der Waals surface area contributed by atoms with Crippen LogP contribution in [0.3, 0.4) is 0 Å². The maximum atomic E-state index is 12.0. The Morgan fingerprint density at radius 1 is 1.72 bits per heavy atom. The molecule has 5 nitrogen and oxygen atoms in total. The summed E-state index contributed by atoms with van der Waals surface area (Å²) in [6.45, 7) is 3.05. The molecule has 0 saturated carbocycles. The van der Waals surface area contributed by atoms with Crippen molar-refractivity contribution in [1.29, 1.82) is 0 Å². The number of amides is 1. The number of nitrogen functional groups attached to an aromatic ring is 1. The lowest BCUT2D eigenvalue weighted by atomic mass is 10.1. The Morgan fingerprint density at radius 2 is 2.50 bits per heavy atom. The second kappa shape index (κ2) is 5.67. The fourth-order valence-corrected chi connectivity index (χ4v) is 2.92. The molecule has 0 spiro atoms. The van der Waals surface area contributed by atoms with E-state index < -0.39 is 0 Å². The molecule has 18 heavy (non-hydrogen) atoms. The van der Waals surface area contributed by atoms with Gasteiger partial charge >= 0.3 is 0 Å². The summed E-state index contributed by atoms with van der Waals surface area (Å²) in [6.07, 6.45) is 1.53. The van der Waals surface area contributed by atoms with Gasteiger partial charge in [0.2, 0.25) is 5.91 Å². The number of rotatable bonds is 4. The summed E-state index contributed by atoms with van der Waals surface area (Å²) in [5, 5.41) is 2.38. The van der Waals surface area contributed by atoms with Crippen LogP contribution in [0.25, 0.3) is 0 Å². The Hall–Kier alpha value is -1.14. The number of likely N-dealkylation sites (N-methyl/N-ethyl adjacent to an activating group) is 1. The van der Waals surface area contributed by atoms with Crippen LogP contribution in [0.5, 0.6) is 0 Å². The molecule has 1 saturated heterocycles. The normalized spacial score (nSPS) is 20.2. The van der Waals surface area contributed by atoms with Gasteiger partial charge in [-0.05, 0) is 25.9 Å². The van der Waals surface area contributed by atoms with Gasteiger partial charge in [-0.2, -0.15) is 0 Å². The molecule has 1 aliphatic heterocycles. The first-order chi connectivity index (χ1) is 8.54. The molecule has 2 heterocycles. The molecule has 0 radical (unpaired) electrons. The van der Waals surface area contributed by atoms with Crippen molar-refractivity contribution < 1.29 is 4.79 Å². The van der Waals surface area contributed by atoms with Crippen LogP contribution in [0.2, 0.25) is 0 Å². The van der Waals surface area contributed by atoms with Crippen LogP contribution in [0.4, 0.5) is 5.13 Å². The van der Waals surface area contributed by atoms with E-state index in [-0.39, 0.29) is 5.91 Å². The van der Waals surface area contributed by atoms with E-state index in [2.05, 4.69) is 16.9 Å². The van der Waals surface area contributed by atoms with Gasteiger partial charge < -0.3 is 15.5 Å². The molecule has 1 fully saturated rings. The molecule has 1 aromatic heterocycles. The first-order valence-electron chi connectivity index (χ1n) is 6.17. The molecule has 6 heteroatoms. The number of hydrogen-bond acceptors (Lipinski definition) is 5. The van der Waals surface area contributed by atoms with Crippen molar-refractivity contribution in [3.05, 3.63) is 11.1 Å². The zero-order valence-electron chi connectivity index (χ0n) is 10.9. The molecule has 0 bridgehead atoms. The molecule has 1 atom stereocenters. The highest BCUT2D eigenvalue weighted by atomic mass is 32.1. The second-order valence-corrected chi connectivity index (χ2v) is 5.93. The van der Waals surface area contributed by atoms with Crippen molar-refractivity contribution in [3.63, 3.8) is 0 Å². The van der Waals surface area contributed by atoms with Crippen LogP contribution >= 0.6 is 11.3 Å². The number of carbonyl (C=O) groups is 1. The van der Waals surface area contributed by atoms with Crippen molar-refractivity contribution in [1.82, 2.24) is 14.8 Å². The van der Waals surface area contributed by atoms with E-state index in [4.69, 9.17) is 5.73 Å². The lowest BCUT2D eigenvalue weighted by molar-refractivity contribution is -0.129. The molecule has 2 N–H and O–H groups in total. The fourth-order valence-electron chi connectivity index (χ4n) is 2.36. The molecule has 0 aliphatic carbocycles. The molecule has 1 aliphatic rings. The lowest BCUT2D eigenvalue weighted by Gasteiger charge is -2.20. The van der Waals surface area contributed by atoms with E-state index >= 15 is 0 Å². The lowest BCUT2D eigenvalue weighted by Crippen LogP contribution is -2.33. The van der Waals surface area contributed by atoms with E-state index in [1.54, 1.807) is 0 Å². The minimum Gasteiger partial charge on any atom is -0.375 e. The smallest absolute Gasteiger partial charge is 0.228 e. The number of nitrogens with two attached hydrogens (primary N) is 1. The van der Waals surface area contributed by atoms with Gasteiger partial charge in [-0.15, -0.1) is 11.3 Å². The predicted molar refractivity (Wildman–Crippen MR) is 73.5 cm³/mol. The number of nitrogens with zero attached hydrogens (tertiary/aromatic N) is 3. The van der Waals surface area contributed by atoms with Gasteiger partial charge in [-0.3, -0.25) is 4.79 Å². The third-order valence-electron chi connectivity index (χ3n) is 3.35. The van der Waals surface area contributed by atoms with Crippen LogP contribution in [0.15, 0.2) is 5.38 Å². The topological polar surface area (TPSA) is 62.5 Å². The Bertz CT molecular complexity index is 420. The van der Waals surface area contributed by atoms with Crippen LogP contribution in [-0.2, 0) is 11.2 Å². The van der Waals surface area contributed by atoms with Crippen molar-refractivity contribution >= 4 is 22.4 Å². The quantitative estimate of drug-likeness (QED) is 0.872. The number of anilines is 1. The highest BCUT2D eigenvalue weighted by Crippen LogP contribution is 2.16.